The van der Waals surface area contributed by atoms with Crippen molar-refractivity contribution in [2.45, 2.75) is 25.9 Å². The van der Waals surface area contributed by atoms with E-state index in [1.807, 2.05) is 25.1 Å². The van der Waals surface area contributed by atoms with Gasteiger partial charge >= 0.3 is 0 Å². The molecule has 1 aromatic heterocycles. The number of carbonyl (C=O) groups is 2. The zero-order valence-corrected chi connectivity index (χ0v) is 15.3. The van der Waals surface area contributed by atoms with Crippen LogP contribution in [0.2, 0.25) is 0 Å². The van der Waals surface area contributed by atoms with Gasteiger partial charge in [0, 0.05) is 18.1 Å². The molecule has 1 unspecified atom stereocenters. The SMILES string of the molecule is CC1Cc2cc(-c3cc(CC(=O)Nc4ccccc4C(N)=O)no3)ccc2O1. The van der Waals surface area contributed by atoms with Crippen LogP contribution in [0.3, 0.4) is 0 Å². The van der Waals surface area contributed by atoms with Crippen LogP contribution < -0.4 is 15.8 Å². The first kappa shape index (κ1) is 17.8. The molecule has 3 N–H and O–H groups in total. The molecular formula is C21H19N3O4. The second kappa shape index (κ2) is 7.19. The number of para-hydroxylation sites is 1. The van der Waals surface area contributed by atoms with Gasteiger partial charge in [-0.15, -0.1) is 0 Å². The third-order valence-electron chi connectivity index (χ3n) is 4.55. The smallest absolute Gasteiger partial charge is 0.250 e. The maximum absolute atomic E-state index is 12.3. The normalized spacial score (nSPS) is 15.0. The quantitative estimate of drug-likeness (QED) is 0.711. The van der Waals surface area contributed by atoms with E-state index in [1.165, 1.54) is 0 Å². The van der Waals surface area contributed by atoms with Crippen LogP contribution >= 0.6 is 0 Å². The van der Waals surface area contributed by atoms with Gasteiger partial charge in [-0.05, 0) is 42.8 Å². The van der Waals surface area contributed by atoms with Crippen molar-refractivity contribution in [2.24, 2.45) is 5.73 Å². The number of hydrogen-bond donors (Lipinski definition) is 2. The average molecular weight is 377 g/mol. The lowest BCUT2D eigenvalue weighted by molar-refractivity contribution is -0.115. The number of anilines is 1. The first-order valence-corrected chi connectivity index (χ1v) is 8.94. The number of primary amides is 1. The van der Waals surface area contributed by atoms with Gasteiger partial charge in [0.2, 0.25) is 5.91 Å². The van der Waals surface area contributed by atoms with Gasteiger partial charge in [-0.3, -0.25) is 9.59 Å². The maximum Gasteiger partial charge on any atom is 0.250 e. The van der Waals surface area contributed by atoms with E-state index in [-0.39, 0.29) is 24.0 Å². The lowest BCUT2D eigenvalue weighted by Gasteiger charge is -2.07. The standard InChI is InChI=1S/C21H19N3O4/c1-12-8-14-9-13(6-7-18(14)27-12)19-10-15(24-28-19)11-20(25)23-17-5-3-2-4-16(17)21(22)26/h2-7,9-10,12H,8,11H2,1H3,(H2,22,26)(H,23,25). The summed E-state index contributed by atoms with van der Waals surface area (Å²) in [5, 5.41) is 6.67. The van der Waals surface area contributed by atoms with E-state index in [1.54, 1.807) is 30.3 Å². The average Bonchev–Trinajstić information content (AvgIpc) is 3.26. The van der Waals surface area contributed by atoms with Gasteiger partial charge in [0.25, 0.3) is 5.91 Å². The van der Waals surface area contributed by atoms with Crippen molar-refractivity contribution < 1.29 is 18.8 Å². The second-order valence-electron chi connectivity index (χ2n) is 6.77. The van der Waals surface area contributed by atoms with Crippen molar-refractivity contribution in [3.63, 3.8) is 0 Å². The van der Waals surface area contributed by atoms with E-state index in [4.69, 9.17) is 15.0 Å². The van der Waals surface area contributed by atoms with Gasteiger partial charge in [-0.2, -0.15) is 0 Å². The summed E-state index contributed by atoms with van der Waals surface area (Å²) in [5.41, 5.74) is 8.47. The fourth-order valence-corrected chi connectivity index (χ4v) is 3.27. The molecule has 1 aliphatic heterocycles. The van der Waals surface area contributed by atoms with Gasteiger partial charge in [-0.1, -0.05) is 17.3 Å². The molecule has 0 saturated carbocycles. The number of aromatic nitrogens is 1. The Morgan fingerprint density at radius 2 is 2.04 bits per heavy atom. The summed E-state index contributed by atoms with van der Waals surface area (Å²) in [6, 6.07) is 14.2. The number of nitrogens with two attached hydrogens (primary N) is 1. The van der Waals surface area contributed by atoms with Crippen LogP contribution in [-0.2, 0) is 17.6 Å². The van der Waals surface area contributed by atoms with Crippen molar-refractivity contribution in [3.8, 4) is 17.1 Å². The Kier molecular flexibility index (Phi) is 4.57. The number of nitrogens with one attached hydrogen (secondary N) is 1. The van der Waals surface area contributed by atoms with Crippen LogP contribution in [0, 0.1) is 0 Å². The van der Waals surface area contributed by atoms with Gasteiger partial charge in [0.15, 0.2) is 5.76 Å². The van der Waals surface area contributed by atoms with Crippen molar-refractivity contribution in [3.05, 3.63) is 65.4 Å². The van der Waals surface area contributed by atoms with Crippen LogP contribution in [0.4, 0.5) is 5.69 Å². The van der Waals surface area contributed by atoms with E-state index in [9.17, 15) is 9.59 Å². The molecule has 142 valence electrons. The summed E-state index contributed by atoms with van der Waals surface area (Å²) in [6.07, 6.45) is 1.04. The molecule has 0 spiro atoms. The Morgan fingerprint density at radius 1 is 1.21 bits per heavy atom. The van der Waals surface area contributed by atoms with E-state index < -0.39 is 5.91 Å². The van der Waals surface area contributed by atoms with E-state index in [0.717, 1.165) is 23.3 Å². The highest BCUT2D eigenvalue weighted by Crippen LogP contribution is 2.33. The third-order valence-corrected chi connectivity index (χ3v) is 4.55. The molecule has 0 fully saturated rings. The maximum atomic E-state index is 12.3. The highest BCUT2D eigenvalue weighted by atomic mass is 16.5. The fourth-order valence-electron chi connectivity index (χ4n) is 3.27. The van der Waals surface area contributed by atoms with Crippen LogP contribution in [0.5, 0.6) is 5.75 Å². The molecule has 0 radical (unpaired) electrons. The molecule has 7 nitrogen and oxygen atoms in total. The zero-order chi connectivity index (χ0) is 19.7. The lowest BCUT2D eigenvalue weighted by Crippen LogP contribution is -2.19. The molecule has 2 amide bonds. The Morgan fingerprint density at radius 3 is 2.86 bits per heavy atom. The predicted octanol–water partition coefficient (Wildman–Crippen LogP) is 2.95. The first-order valence-electron chi connectivity index (χ1n) is 8.94. The molecule has 7 heteroatoms. The number of hydrogen-bond acceptors (Lipinski definition) is 5. The molecule has 28 heavy (non-hydrogen) atoms. The number of benzene rings is 2. The summed E-state index contributed by atoms with van der Waals surface area (Å²) >= 11 is 0. The van der Waals surface area contributed by atoms with E-state index in [0.29, 0.717) is 17.1 Å². The van der Waals surface area contributed by atoms with Crippen LogP contribution in [0.1, 0.15) is 28.5 Å². The minimum Gasteiger partial charge on any atom is -0.490 e. The fraction of sp³-hybridized carbons (Fsp3) is 0.190. The minimum absolute atomic E-state index is 0.0156. The molecule has 3 aromatic rings. The molecule has 0 saturated heterocycles. The molecule has 2 heterocycles. The molecule has 2 aromatic carbocycles. The Bertz CT molecular complexity index is 1060. The Hall–Kier alpha value is -3.61. The molecule has 4 rings (SSSR count). The van der Waals surface area contributed by atoms with Crippen molar-refractivity contribution in [1.82, 2.24) is 5.16 Å². The molecule has 0 bridgehead atoms. The summed E-state index contributed by atoms with van der Waals surface area (Å²) < 4.78 is 11.1. The minimum atomic E-state index is -0.602. The van der Waals surface area contributed by atoms with Crippen LogP contribution in [0.15, 0.2) is 53.1 Å². The molecule has 1 atom stereocenters. The van der Waals surface area contributed by atoms with Crippen molar-refractivity contribution in [2.75, 3.05) is 5.32 Å². The number of rotatable bonds is 5. The van der Waals surface area contributed by atoms with Gasteiger partial charge in [0.1, 0.15) is 11.9 Å². The van der Waals surface area contributed by atoms with Gasteiger partial charge in [0.05, 0.1) is 23.4 Å². The number of ether oxygens (including phenoxy) is 1. The van der Waals surface area contributed by atoms with Gasteiger partial charge in [-0.25, -0.2) is 0 Å². The Labute approximate surface area is 161 Å². The number of amides is 2. The monoisotopic (exact) mass is 377 g/mol. The van der Waals surface area contributed by atoms with Crippen LogP contribution in [-0.4, -0.2) is 23.1 Å². The highest BCUT2D eigenvalue weighted by molar-refractivity contribution is 6.03. The number of nitrogens with zero attached hydrogens (tertiary/aromatic N) is 1. The zero-order valence-electron chi connectivity index (χ0n) is 15.3. The van der Waals surface area contributed by atoms with E-state index >= 15 is 0 Å². The lowest BCUT2D eigenvalue weighted by atomic mass is 10.1. The van der Waals surface area contributed by atoms with Gasteiger partial charge < -0.3 is 20.3 Å². The van der Waals surface area contributed by atoms with E-state index in [2.05, 4.69) is 10.5 Å². The second-order valence-corrected chi connectivity index (χ2v) is 6.77. The number of carbonyl (C=O) groups excluding carboxylic acids is 2. The molecular weight excluding hydrogens is 358 g/mol. The topological polar surface area (TPSA) is 107 Å². The molecule has 1 aliphatic rings. The van der Waals surface area contributed by atoms with Crippen LogP contribution in [0.25, 0.3) is 11.3 Å². The van der Waals surface area contributed by atoms with Crippen molar-refractivity contribution in [1.29, 1.82) is 0 Å². The molecule has 0 aliphatic carbocycles. The summed E-state index contributed by atoms with van der Waals surface area (Å²) in [5.74, 6) is 0.561. The number of fused-ring (bicyclic) bond motifs is 1. The summed E-state index contributed by atoms with van der Waals surface area (Å²) in [4.78, 5) is 23.8. The first-order chi connectivity index (χ1) is 13.5. The third kappa shape index (κ3) is 3.59. The summed E-state index contributed by atoms with van der Waals surface area (Å²) in [7, 11) is 0. The summed E-state index contributed by atoms with van der Waals surface area (Å²) in [6.45, 7) is 2.03. The highest BCUT2D eigenvalue weighted by Gasteiger charge is 2.20. The predicted molar refractivity (Wildman–Crippen MR) is 103 cm³/mol. The largest absolute Gasteiger partial charge is 0.490 e. The van der Waals surface area contributed by atoms with Crippen molar-refractivity contribution >= 4 is 17.5 Å². The Balaban J connectivity index is 1.46.